The third-order valence-electron chi connectivity index (χ3n) is 4.78. The number of rotatable bonds is 11. The molecular formula is C24H31N3O5S. The van der Waals surface area contributed by atoms with Gasteiger partial charge in [0.2, 0.25) is 0 Å². The van der Waals surface area contributed by atoms with E-state index in [1.165, 1.54) is 0 Å². The Morgan fingerprint density at radius 3 is 2.39 bits per heavy atom. The molecule has 1 atom stereocenters. The van der Waals surface area contributed by atoms with Crippen molar-refractivity contribution in [1.82, 2.24) is 16.2 Å². The van der Waals surface area contributed by atoms with Gasteiger partial charge in [0.1, 0.15) is 18.1 Å². The molecule has 8 nitrogen and oxygen atoms in total. The second-order valence-corrected chi connectivity index (χ2v) is 7.57. The molecule has 33 heavy (non-hydrogen) atoms. The summed E-state index contributed by atoms with van der Waals surface area (Å²) in [7, 11) is 0. The van der Waals surface area contributed by atoms with Crippen molar-refractivity contribution >= 4 is 29.1 Å². The number of hydrogen-bond donors (Lipinski definition) is 3. The fourth-order valence-corrected chi connectivity index (χ4v) is 2.96. The Balaban J connectivity index is 1.74. The van der Waals surface area contributed by atoms with Crippen LogP contribution in [0.3, 0.4) is 0 Å². The highest BCUT2D eigenvalue weighted by Gasteiger charge is 2.12. The molecule has 3 N–H and O–H groups in total. The molecule has 0 aliphatic carbocycles. The summed E-state index contributed by atoms with van der Waals surface area (Å²) in [5.74, 6) is 0.777. The molecule has 0 aromatic heterocycles. The lowest BCUT2D eigenvalue weighted by atomic mass is 9.98. The molecule has 2 aromatic carbocycles. The Morgan fingerprint density at radius 1 is 0.970 bits per heavy atom. The van der Waals surface area contributed by atoms with Crippen molar-refractivity contribution in [2.24, 2.45) is 0 Å². The van der Waals surface area contributed by atoms with Gasteiger partial charge in [0.25, 0.3) is 11.8 Å². The van der Waals surface area contributed by atoms with Gasteiger partial charge >= 0.3 is 0 Å². The number of thiocarbonyl (C=S) groups is 1. The number of ether oxygens (including phenoxy) is 3. The van der Waals surface area contributed by atoms with E-state index < -0.39 is 11.8 Å². The van der Waals surface area contributed by atoms with Crippen LogP contribution in [0, 0.1) is 0 Å². The maximum Gasteiger partial charge on any atom is 0.276 e. The molecule has 0 fully saturated rings. The molecule has 0 aliphatic rings. The van der Waals surface area contributed by atoms with Gasteiger partial charge in [-0.2, -0.15) is 0 Å². The van der Waals surface area contributed by atoms with Crippen molar-refractivity contribution in [2.75, 3.05) is 26.4 Å². The third-order valence-corrected chi connectivity index (χ3v) is 4.98. The number of carbonyl (C=O) groups is 2. The molecule has 2 aromatic rings. The van der Waals surface area contributed by atoms with Crippen LogP contribution in [0.2, 0.25) is 0 Å². The molecule has 0 saturated carbocycles. The molecule has 1 unspecified atom stereocenters. The van der Waals surface area contributed by atoms with Crippen LogP contribution < -0.4 is 25.6 Å². The Labute approximate surface area is 200 Å². The van der Waals surface area contributed by atoms with Gasteiger partial charge in [-0.15, -0.1) is 0 Å². The SMILES string of the molecule is CCOCCOc1ccc(C(=O)NC(=S)NNC(=O)COc2ccccc2C(C)CC)cc1. The molecule has 0 saturated heterocycles. The van der Waals surface area contributed by atoms with E-state index in [0.717, 1.165) is 12.0 Å². The van der Waals surface area contributed by atoms with Gasteiger partial charge in [-0.25, -0.2) is 0 Å². The average molecular weight is 474 g/mol. The van der Waals surface area contributed by atoms with Crippen molar-refractivity contribution < 1.29 is 23.8 Å². The zero-order valence-electron chi connectivity index (χ0n) is 19.2. The van der Waals surface area contributed by atoms with Crippen LogP contribution >= 0.6 is 12.2 Å². The lowest BCUT2D eigenvalue weighted by Crippen LogP contribution is -2.49. The van der Waals surface area contributed by atoms with Crippen molar-refractivity contribution in [2.45, 2.75) is 33.1 Å². The molecule has 0 spiro atoms. The van der Waals surface area contributed by atoms with Gasteiger partial charge in [0.15, 0.2) is 11.7 Å². The van der Waals surface area contributed by atoms with Gasteiger partial charge in [-0.05, 0) is 67.4 Å². The Bertz CT molecular complexity index is 921. The van der Waals surface area contributed by atoms with Crippen LogP contribution in [0.1, 0.15) is 49.0 Å². The highest BCUT2D eigenvalue weighted by atomic mass is 32.1. The van der Waals surface area contributed by atoms with E-state index in [0.29, 0.717) is 42.8 Å². The zero-order chi connectivity index (χ0) is 24.1. The van der Waals surface area contributed by atoms with Crippen LogP contribution in [0.4, 0.5) is 0 Å². The second-order valence-electron chi connectivity index (χ2n) is 7.16. The van der Waals surface area contributed by atoms with Crippen LogP contribution in [0.15, 0.2) is 48.5 Å². The number of carbonyl (C=O) groups excluding carboxylic acids is 2. The number of hydrogen-bond acceptors (Lipinski definition) is 6. The lowest BCUT2D eigenvalue weighted by molar-refractivity contribution is -0.123. The fraction of sp³-hybridized carbons (Fsp3) is 0.375. The highest BCUT2D eigenvalue weighted by molar-refractivity contribution is 7.80. The molecule has 0 radical (unpaired) electrons. The fourth-order valence-electron chi connectivity index (χ4n) is 2.82. The van der Waals surface area contributed by atoms with E-state index in [9.17, 15) is 9.59 Å². The summed E-state index contributed by atoms with van der Waals surface area (Å²) in [4.78, 5) is 24.4. The first-order valence-electron chi connectivity index (χ1n) is 10.9. The van der Waals surface area contributed by atoms with E-state index in [2.05, 4.69) is 30.0 Å². The average Bonchev–Trinajstić information content (AvgIpc) is 2.84. The normalized spacial score (nSPS) is 11.2. The molecule has 0 heterocycles. The summed E-state index contributed by atoms with van der Waals surface area (Å²) in [5, 5.41) is 2.46. The summed E-state index contributed by atoms with van der Waals surface area (Å²) in [6.07, 6.45) is 0.964. The summed E-state index contributed by atoms with van der Waals surface area (Å²) in [6, 6.07) is 14.2. The molecule has 0 aliphatic heterocycles. The van der Waals surface area contributed by atoms with Gasteiger partial charge in [-0.3, -0.25) is 25.8 Å². The minimum Gasteiger partial charge on any atom is -0.491 e. The second kappa shape index (κ2) is 14.1. The van der Waals surface area contributed by atoms with Crippen LogP contribution in [-0.2, 0) is 9.53 Å². The molecular weight excluding hydrogens is 442 g/mol. The topological polar surface area (TPSA) is 97.9 Å². The molecule has 9 heteroatoms. The van der Waals surface area contributed by atoms with E-state index in [1.807, 2.05) is 31.2 Å². The summed E-state index contributed by atoms with van der Waals surface area (Å²) < 4.78 is 16.4. The largest absolute Gasteiger partial charge is 0.491 e. The summed E-state index contributed by atoms with van der Waals surface area (Å²) in [6.45, 7) is 7.49. The quantitative estimate of drug-likeness (QED) is 0.262. The van der Waals surface area contributed by atoms with E-state index in [1.54, 1.807) is 24.3 Å². The van der Waals surface area contributed by atoms with E-state index in [-0.39, 0.29) is 11.7 Å². The molecule has 178 valence electrons. The van der Waals surface area contributed by atoms with Crippen molar-refractivity contribution in [3.63, 3.8) is 0 Å². The molecule has 2 rings (SSSR count). The van der Waals surface area contributed by atoms with Gasteiger partial charge in [0.05, 0.1) is 6.61 Å². The van der Waals surface area contributed by atoms with Gasteiger partial charge < -0.3 is 14.2 Å². The minimum absolute atomic E-state index is 0.0367. The number of nitrogens with one attached hydrogen (secondary N) is 3. The minimum atomic E-state index is -0.431. The van der Waals surface area contributed by atoms with E-state index in [4.69, 9.17) is 26.4 Å². The predicted octanol–water partition coefficient (Wildman–Crippen LogP) is 3.33. The summed E-state index contributed by atoms with van der Waals surface area (Å²) >= 11 is 5.07. The van der Waals surface area contributed by atoms with Crippen molar-refractivity contribution in [1.29, 1.82) is 0 Å². The van der Waals surface area contributed by atoms with Crippen molar-refractivity contribution in [3.05, 3.63) is 59.7 Å². The highest BCUT2D eigenvalue weighted by Crippen LogP contribution is 2.28. The van der Waals surface area contributed by atoms with E-state index >= 15 is 0 Å². The Morgan fingerprint density at radius 2 is 1.70 bits per heavy atom. The zero-order valence-corrected chi connectivity index (χ0v) is 20.0. The van der Waals surface area contributed by atoms with Gasteiger partial charge in [-0.1, -0.05) is 32.0 Å². The number of hydrazine groups is 1. The maximum atomic E-state index is 12.3. The lowest BCUT2D eigenvalue weighted by Gasteiger charge is -2.16. The Hall–Kier alpha value is -3.17. The summed E-state index contributed by atoms with van der Waals surface area (Å²) in [5.41, 5.74) is 6.36. The van der Waals surface area contributed by atoms with Crippen LogP contribution in [-0.4, -0.2) is 43.4 Å². The molecule has 2 amide bonds. The third kappa shape index (κ3) is 9.07. The van der Waals surface area contributed by atoms with Crippen molar-refractivity contribution in [3.8, 4) is 11.5 Å². The number of amides is 2. The standard InChI is InChI=1S/C24H31N3O5S/c1-4-17(3)20-8-6-7-9-21(20)32-16-22(28)26-27-24(33)25-23(29)18-10-12-19(13-11-18)31-15-14-30-5-2/h6-13,17H,4-5,14-16H2,1-3H3,(H,26,28)(H2,25,27,29,33). The maximum absolute atomic E-state index is 12.3. The Kier molecular flexibility index (Phi) is 11.1. The monoisotopic (exact) mass is 473 g/mol. The smallest absolute Gasteiger partial charge is 0.276 e. The molecule has 0 bridgehead atoms. The first-order valence-corrected chi connectivity index (χ1v) is 11.3. The van der Waals surface area contributed by atoms with Crippen LogP contribution in [0.5, 0.6) is 11.5 Å². The first-order chi connectivity index (χ1) is 15.9. The first kappa shape index (κ1) is 26.1. The number of para-hydroxylation sites is 1. The number of benzene rings is 2. The van der Waals surface area contributed by atoms with Crippen LogP contribution in [0.25, 0.3) is 0 Å². The van der Waals surface area contributed by atoms with Gasteiger partial charge in [0, 0.05) is 12.2 Å². The predicted molar refractivity (Wildman–Crippen MR) is 130 cm³/mol.